The molecule has 0 unspecified atom stereocenters. The Kier molecular flexibility index (Phi) is 7.54. The van der Waals surface area contributed by atoms with E-state index in [-0.39, 0.29) is 30.8 Å². The van der Waals surface area contributed by atoms with Crippen molar-refractivity contribution < 1.29 is 18.8 Å². The summed E-state index contributed by atoms with van der Waals surface area (Å²) in [4.78, 5) is 40.8. The molecule has 0 saturated carbocycles. The topological polar surface area (TPSA) is 130 Å². The monoisotopic (exact) mass is 472 g/mol. The van der Waals surface area contributed by atoms with Crippen LogP contribution in [0, 0.1) is 0 Å². The van der Waals surface area contributed by atoms with Gasteiger partial charge in [0.1, 0.15) is 5.76 Å². The van der Waals surface area contributed by atoms with Gasteiger partial charge in [-0.15, -0.1) is 0 Å². The molecule has 178 valence electrons. The van der Waals surface area contributed by atoms with Gasteiger partial charge in [0.05, 0.1) is 19.1 Å². The van der Waals surface area contributed by atoms with Crippen molar-refractivity contribution in [2.45, 2.75) is 19.5 Å². The number of benzene rings is 2. The predicted octanol–water partition coefficient (Wildman–Crippen LogP) is 4.08. The van der Waals surface area contributed by atoms with Gasteiger partial charge >= 0.3 is 6.03 Å². The summed E-state index contributed by atoms with van der Waals surface area (Å²) < 4.78 is 6.98. The van der Waals surface area contributed by atoms with E-state index in [0.29, 0.717) is 34.9 Å². The standard InChI is InChI=1S/C25H24N6O4/c32-23(10-12-31-13-11-26-17-31)28-21-4-1-3-18(15-21)24(33)29-19-6-8-20(9-7-19)30-25(34)27-16-22-5-2-14-35-22/h1-9,11,13-15,17H,10,12,16H2,(H,28,32)(H,29,33)(H2,27,30,34). The maximum atomic E-state index is 12.7. The number of aromatic nitrogens is 2. The highest BCUT2D eigenvalue weighted by molar-refractivity contribution is 6.05. The number of anilines is 3. The second-order valence-corrected chi connectivity index (χ2v) is 7.60. The fourth-order valence-electron chi connectivity index (χ4n) is 3.21. The van der Waals surface area contributed by atoms with Gasteiger partial charge < -0.3 is 30.3 Å². The first-order valence-electron chi connectivity index (χ1n) is 10.9. The molecule has 0 aliphatic heterocycles. The van der Waals surface area contributed by atoms with E-state index in [1.807, 2.05) is 4.57 Å². The number of carbonyl (C=O) groups excluding carboxylic acids is 3. The quantitative estimate of drug-likeness (QED) is 0.292. The lowest BCUT2D eigenvalue weighted by atomic mass is 10.1. The molecule has 0 atom stereocenters. The van der Waals surface area contributed by atoms with E-state index in [4.69, 9.17) is 4.42 Å². The number of urea groups is 1. The van der Waals surface area contributed by atoms with Crippen LogP contribution >= 0.6 is 0 Å². The fraction of sp³-hybridized carbons (Fsp3) is 0.120. The van der Waals surface area contributed by atoms with Crippen LogP contribution in [0.1, 0.15) is 22.5 Å². The Labute approximate surface area is 201 Å². The fourth-order valence-corrected chi connectivity index (χ4v) is 3.21. The SMILES string of the molecule is O=C(CCn1ccnc1)Nc1cccc(C(=O)Nc2ccc(NC(=O)NCc3ccco3)cc2)c1. The molecule has 4 N–H and O–H groups in total. The summed E-state index contributed by atoms with van der Waals surface area (Å²) in [5.74, 6) is 0.167. The molecule has 0 saturated heterocycles. The lowest BCUT2D eigenvalue weighted by Gasteiger charge is -2.10. The second kappa shape index (κ2) is 11.3. The smallest absolute Gasteiger partial charge is 0.319 e. The van der Waals surface area contributed by atoms with Gasteiger partial charge in [0, 0.05) is 48.0 Å². The van der Waals surface area contributed by atoms with E-state index in [0.717, 1.165) is 0 Å². The Bertz CT molecular complexity index is 1270. The van der Waals surface area contributed by atoms with Crippen molar-refractivity contribution >= 4 is 34.9 Å². The zero-order valence-corrected chi connectivity index (χ0v) is 18.7. The van der Waals surface area contributed by atoms with Crippen LogP contribution in [0.3, 0.4) is 0 Å². The Morgan fingerprint density at radius 2 is 1.69 bits per heavy atom. The van der Waals surface area contributed by atoms with Gasteiger partial charge in [0.25, 0.3) is 5.91 Å². The average molecular weight is 473 g/mol. The number of nitrogens with zero attached hydrogens (tertiary/aromatic N) is 2. The van der Waals surface area contributed by atoms with Crippen molar-refractivity contribution in [3.63, 3.8) is 0 Å². The van der Waals surface area contributed by atoms with Crippen LogP contribution in [0.2, 0.25) is 0 Å². The molecule has 2 aromatic heterocycles. The number of nitrogens with one attached hydrogen (secondary N) is 4. The van der Waals surface area contributed by atoms with E-state index in [1.54, 1.807) is 85.6 Å². The van der Waals surface area contributed by atoms with Gasteiger partial charge in [-0.1, -0.05) is 6.07 Å². The molecule has 0 aliphatic rings. The van der Waals surface area contributed by atoms with Crippen LogP contribution in [0.15, 0.2) is 90.1 Å². The van der Waals surface area contributed by atoms with E-state index in [1.165, 1.54) is 0 Å². The molecule has 4 rings (SSSR count). The summed E-state index contributed by atoms with van der Waals surface area (Å²) in [6, 6.07) is 16.6. The molecule has 10 nitrogen and oxygen atoms in total. The first-order chi connectivity index (χ1) is 17.0. The highest BCUT2D eigenvalue weighted by Crippen LogP contribution is 2.17. The van der Waals surface area contributed by atoms with Crippen LogP contribution in [-0.2, 0) is 17.9 Å². The molecule has 10 heteroatoms. The number of amides is 4. The molecule has 35 heavy (non-hydrogen) atoms. The Balaban J connectivity index is 1.26. The summed E-state index contributed by atoms with van der Waals surface area (Å²) in [6.45, 7) is 0.791. The van der Waals surface area contributed by atoms with Crippen LogP contribution < -0.4 is 21.3 Å². The molecular formula is C25H24N6O4. The van der Waals surface area contributed by atoms with Gasteiger partial charge in [-0.3, -0.25) is 9.59 Å². The van der Waals surface area contributed by atoms with Gasteiger partial charge in [0.2, 0.25) is 5.91 Å². The van der Waals surface area contributed by atoms with Crippen molar-refractivity contribution in [2.24, 2.45) is 0 Å². The number of hydrogen-bond donors (Lipinski definition) is 4. The average Bonchev–Trinajstić information content (AvgIpc) is 3.57. The van der Waals surface area contributed by atoms with Crippen LogP contribution in [0.5, 0.6) is 0 Å². The lowest BCUT2D eigenvalue weighted by molar-refractivity contribution is -0.116. The maximum Gasteiger partial charge on any atom is 0.319 e. The van der Waals surface area contributed by atoms with Gasteiger partial charge in [-0.25, -0.2) is 9.78 Å². The normalized spacial score (nSPS) is 10.4. The summed E-state index contributed by atoms with van der Waals surface area (Å²) >= 11 is 0. The van der Waals surface area contributed by atoms with Crippen molar-refractivity contribution in [1.29, 1.82) is 0 Å². The first kappa shape index (κ1) is 23.3. The summed E-state index contributed by atoms with van der Waals surface area (Å²) in [6.07, 6.45) is 6.92. The molecular weight excluding hydrogens is 448 g/mol. The summed E-state index contributed by atoms with van der Waals surface area (Å²) in [7, 11) is 0. The van der Waals surface area contributed by atoms with E-state index in [9.17, 15) is 14.4 Å². The van der Waals surface area contributed by atoms with E-state index < -0.39 is 0 Å². The third-order valence-corrected chi connectivity index (χ3v) is 4.97. The number of hydrogen-bond acceptors (Lipinski definition) is 5. The minimum absolute atomic E-state index is 0.160. The largest absolute Gasteiger partial charge is 0.467 e. The number of carbonyl (C=O) groups is 3. The first-order valence-corrected chi connectivity index (χ1v) is 10.9. The summed E-state index contributed by atoms with van der Waals surface area (Å²) in [5, 5.41) is 11.0. The van der Waals surface area contributed by atoms with Crippen molar-refractivity contribution in [1.82, 2.24) is 14.9 Å². The van der Waals surface area contributed by atoms with Crippen LogP contribution in [-0.4, -0.2) is 27.4 Å². The van der Waals surface area contributed by atoms with Crippen LogP contribution in [0.25, 0.3) is 0 Å². The van der Waals surface area contributed by atoms with Crippen molar-refractivity contribution in [2.75, 3.05) is 16.0 Å². The molecule has 0 bridgehead atoms. The molecule has 0 radical (unpaired) electrons. The van der Waals surface area contributed by atoms with E-state index >= 15 is 0 Å². The van der Waals surface area contributed by atoms with Gasteiger partial charge in [0.15, 0.2) is 0 Å². The molecule has 2 heterocycles. The van der Waals surface area contributed by atoms with Gasteiger partial charge in [-0.05, 0) is 54.6 Å². The highest BCUT2D eigenvalue weighted by Gasteiger charge is 2.10. The molecule has 0 aliphatic carbocycles. The third-order valence-electron chi connectivity index (χ3n) is 4.97. The van der Waals surface area contributed by atoms with Crippen LogP contribution in [0.4, 0.5) is 21.9 Å². The lowest BCUT2D eigenvalue weighted by Crippen LogP contribution is -2.27. The molecule has 4 amide bonds. The maximum absolute atomic E-state index is 12.7. The number of rotatable bonds is 9. The Hall–Kier alpha value is -4.86. The molecule has 2 aromatic carbocycles. The number of aryl methyl sites for hydroxylation is 1. The van der Waals surface area contributed by atoms with Crippen molar-refractivity contribution in [3.8, 4) is 0 Å². The Morgan fingerprint density at radius 1 is 0.886 bits per heavy atom. The second-order valence-electron chi connectivity index (χ2n) is 7.60. The minimum Gasteiger partial charge on any atom is -0.467 e. The van der Waals surface area contributed by atoms with E-state index in [2.05, 4.69) is 26.3 Å². The zero-order valence-electron chi connectivity index (χ0n) is 18.7. The third kappa shape index (κ3) is 7.06. The van der Waals surface area contributed by atoms with Crippen molar-refractivity contribution in [3.05, 3.63) is 97.0 Å². The molecule has 0 fully saturated rings. The predicted molar refractivity (Wildman–Crippen MR) is 131 cm³/mol. The Morgan fingerprint density at radius 3 is 2.40 bits per heavy atom. The highest BCUT2D eigenvalue weighted by atomic mass is 16.3. The summed E-state index contributed by atoms with van der Waals surface area (Å²) in [5.41, 5.74) is 2.07. The number of furan rings is 1. The molecule has 4 aromatic rings. The molecule has 0 spiro atoms. The number of imidazole rings is 1. The zero-order chi connectivity index (χ0) is 24.5. The minimum atomic E-state index is -0.373. The van der Waals surface area contributed by atoms with Gasteiger partial charge in [-0.2, -0.15) is 0 Å².